The van der Waals surface area contributed by atoms with Crippen molar-refractivity contribution in [2.45, 2.75) is 17.4 Å². The van der Waals surface area contributed by atoms with E-state index in [2.05, 4.69) is 0 Å². The molecule has 0 aliphatic carbocycles. The van der Waals surface area contributed by atoms with E-state index in [0.717, 1.165) is 14.4 Å². The van der Waals surface area contributed by atoms with Gasteiger partial charge in [0.2, 0.25) is 0 Å². The average Bonchev–Trinajstić information content (AvgIpc) is 3.17. The molecular weight excluding hydrogens is 380 g/mol. The molecule has 8 heteroatoms. The first-order valence-electron chi connectivity index (χ1n) is 8.53. The van der Waals surface area contributed by atoms with Crippen molar-refractivity contribution in [2.75, 3.05) is 4.90 Å². The van der Waals surface area contributed by atoms with E-state index >= 15 is 0 Å². The largest absolute Gasteiger partial charge is 0.480 e. The van der Waals surface area contributed by atoms with E-state index in [1.54, 1.807) is 36.4 Å². The number of aliphatic carboxylic acids is 1. The number of fused-ring (bicyclic) bond motifs is 2. The molecule has 2 aromatic carbocycles. The van der Waals surface area contributed by atoms with Gasteiger partial charge in [-0.05, 0) is 29.8 Å². The molecule has 1 aromatic heterocycles. The van der Waals surface area contributed by atoms with Crippen molar-refractivity contribution in [3.8, 4) is 0 Å². The zero-order valence-corrected chi connectivity index (χ0v) is 15.4. The van der Waals surface area contributed by atoms with Gasteiger partial charge in [0.1, 0.15) is 16.6 Å². The van der Waals surface area contributed by atoms with Crippen LogP contribution >= 0.6 is 0 Å². The van der Waals surface area contributed by atoms with E-state index in [1.807, 2.05) is 6.07 Å². The Morgan fingerprint density at radius 3 is 2.36 bits per heavy atom. The molecule has 1 atom stereocenters. The minimum atomic E-state index is -4.03. The van der Waals surface area contributed by atoms with E-state index in [-0.39, 0.29) is 22.7 Å². The van der Waals surface area contributed by atoms with Gasteiger partial charge in [0, 0.05) is 12.6 Å². The average molecular weight is 396 g/mol. The standard InChI is InChI=1S/C20H16N2O5S/c23-19-16-10-6-12-21(16)28(26,27)18-11-5-4-9-15(18)22(19)17(20(24)25)13-14-7-2-1-3-8-14/h1-12,17H,13H2,(H,24,25). The first-order chi connectivity index (χ1) is 13.4. The number of aromatic nitrogens is 1. The van der Waals surface area contributed by atoms with Crippen LogP contribution in [-0.2, 0) is 21.2 Å². The predicted octanol–water partition coefficient (Wildman–Crippen LogP) is 2.38. The van der Waals surface area contributed by atoms with Crippen LogP contribution < -0.4 is 4.90 Å². The van der Waals surface area contributed by atoms with E-state index in [1.165, 1.54) is 30.5 Å². The van der Waals surface area contributed by atoms with Crippen LogP contribution in [0.2, 0.25) is 0 Å². The van der Waals surface area contributed by atoms with Gasteiger partial charge in [-0.2, -0.15) is 0 Å². The monoisotopic (exact) mass is 396 g/mol. The van der Waals surface area contributed by atoms with Gasteiger partial charge in [-0.1, -0.05) is 42.5 Å². The Balaban J connectivity index is 1.94. The third-order valence-electron chi connectivity index (χ3n) is 4.68. The fourth-order valence-electron chi connectivity index (χ4n) is 3.39. The first-order valence-corrected chi connectivity index (χ1v) is 9.97. The van der Waals surface area contributed by atoms with Gasteiger partial charge in [0.15, 0.2) is 0 Å². The lowest BCUT2D eigenvalue weighted by Crippen LogP contribution is -2.47. The zero-order chi connectivity index (χ0) is 19.9. The number of amides is 1. The third kappa shape index (κ3) is 2.78. The minimum Gasteiger partial charge on any atom is -0.480 e. The van der Waals surface area contributed by atoms with Crippen molar-refractivity contribution in [2.24, 2.45) is 0 Å². The molecular formula is C20H16N2O5S. The SMILES string of the molecule is O=C(O)C(Cc1ccccc1)N1C(=O)c2cccn2S(=O)(=O)c2ccccc21. The lowest BCUT2D eigenvalue weighted by atomic mass is 10.0. The van der Waals surface area contributed by atoms with Gasteiger partial charge in [0.25, 0.3) is 15.9 Å². The topological polar surface area (TPSA) is 96.7 Å². The maximum absolute atomic E-state index is 13.3. The fraction of sp³-hybridized carbons (Fsp3) is 0.100. The van der Waals surface area contributed by atoms with Gasteiger partial charge in [-0.3, -0.25) is 9.69 Å². The molecule has 7 nitrogen and oxygen atoms in total. The molecule has 0 bridgehead atoms. The van der Waals surface area contributed by atoms with Crippen LogP contribution in [0.5, 0.6) is 0 Å². The maximum Gasteiger partial charge on any atom is 0.327 e. The van der Waals surface area contributed by atoms with E-state index in [4.69, 9.17) is 0 Å². The Bertz CT molecular complexity index is 1170. The molecule has 0 saturated heterocycles. The molecule has 0 saturated carbocycles. The van der Waals surface area contributed by atoms with Gasteiger partial charge < -0.3 is 5.11 Å². The van der Waals surface area contributed by atoms with E-state index in [0.29, 0.717) is 0 Å². The van der Waals surface area contributed by atoms with E-state index < -0.39 is 27.9 Å². The molecule has 0 spiro atoms. The van der Waals surface area contributed by atoms with Crippen LogP contribution in [0.25, 0.3) is 0 Å². The summed E-state index contributed by atoms with van der Waals surface area (Å²) < 4.78 is 27.0. The van der Waals surface area contributed by atoms with Crippen molar-refractivity contribution >= 4 is 27.6 Å². The highest BCUT2D eigenvalue weighted by atomic mass is 32.2. The molecule has 28 heavy (non-hydrogen) atoms. The molecule has 0 fully saturated rings. The molecule has 4 rings (SSSR count). The van der Waals surface area contributed by atoms with Crippen LogP contribution in [0.1, 0.15) is 16.1 Å². The maximum atomic E-state index is 13.3. The summed E-state index contributed by atoms with van der Waals surface area (Å²) in [5.41, 5.74) is 0.678. The van der Waals surface area contributed by atoms with Crippen molar-refractivity contribution in [3.63, 3.8) is 0 Å². The lowest BCUT2D eigenvalue weighted by Gasteiger charge is -2.28. The van der Waals surface area contributed by atoms with E-state index in [9.17, 15) is 23.1 Å². The minimum absolute atomic E-state index is 0.0387. The summed E-state index contributed by atoms with van der Waals surface area (Å²) in [5, 5.41) is 9.90. The summed E-state index contributed by atoms with van der Waals surface area (Å²) in [7, 11) is -4.03. The number of carboxylic acids is 1. The van der Waals surface area contributed by atoms with Crippen molar-refractivity contribution in [1.29, 1.82) is 0 Å². The Morgan fingerprint density at radius 2 is 1.64 bits per heavy atom. The number of hydrogen-bond acceptors (Lipinski definition) is 4. The second-order valence-corrected chi connectivity index (χ2v) is 8.16. The molecule has 142 valence electrons. The molecule has 2 heterocycles. The highest BCUT2D eigenvalue weighted by molar-refractivity contribution is 7.90. The highest BCUT2D eigenvalue weighted by Gasteiger charge is 2.40. The van der Waals surface area contributed by atoms with Gasteiger partial charge in [-0.25, -0.2) is 17.2 Å². The second kappa shape index (κ2) is 6.65. The lowest BCUT2D eigenvalue weighted by molar-refractivity contribution is -0.138. The Hall–Kier alpha value is -3.39. The molecule has 1 unspecified atom stereocenters. The van der Waals surface area contributed by atoms with Gasteiger partial charge in [0.05, 0.1) is 5.69 Å². The quantitative estimate of drug-likeness (QED) is 0.730. The van der Waals surface area contributed by atoms with Crippen LogP contribution in [0.15, 0.2) is 77.8 Å². The number of nitrogens with zero attached hydrogens (tertiary/aromatic N) is 2. The number of hydrogen-bond donors (Lipinski definition) is 1. The highest BCUT2D eigenvalue weighted by Crippen LogP contribution is 2.34. The normalized spacial score (nSPS) is 16.0. The van der Waals surface area contributed by atoms with Crippen molar-refractivity contribution in [1.82, 2.24) is 3.97 Å². The Kier molecular flexibility index (Phi) is 4.27. The smallest absolute Gasteiger partial charge is 0.327 e. The zero-order valence-electron chi connectivity index (χ0n) is 14.6. The Labute approximate surface area is 161 Å². The number of anilines is 1. The predicted molar refractivity (Wildman–Crippen MR) is 102 cm³/mol. The second-order valence-electron chi connectivity index (χ2n) is 6.38. The first kappa shape index (κ1) is 18.0. The summed E-state index contributed by atoms with van der Waals surface area (Å²) in [4.78, 5) is 26.4. The third-order valence-corrected chi connectivity index (χ3v) is 6.42. The molecule has 1 amide bonds. The molecule has 0 radical (unpaired) electrons. The van der Waals surface area contributed by atoms with Crippen molar-refractivity contribution in [3.05, 3.63) is 84.2 Å². The summed E-state index contributed by atoms with van der Waals surface area (Å²) in [5.74, 6) is -1.90. The van der Waals surface area contributed by atoms with Crippen LogP contribution in [0.4, 0.5) is 5.69 Å². The number of benzene rings is 2. The van der Waals surface area contributed by atoms with Crippen LogP contribution in [-0.4, -0.2) is 35.4 Å². The molecule has 1 N–H and O–H groups in total. The summed E-state index contributed by atoms with van der Waals surface area (Å²) in [6.07, 6.45) is 1.33. The summed E-state index contributed by atoms with van der Waals surface area (Å²) in [6, 6.07) is 16.4. The van der Waals surface area contributed by atoms with Crippen molar-refractivity contribution < 1.29 is 23.1 Å². The number of carbonyl (C=O) groups excluding carboxylic acids is 1. The number of rotatable bonds is 4. The molecule has 1 aliphatic heterocycles. The number of para-hydroxylation sites is 1. The van der Waals surface area contributed by atoms with Crippen LogP contribution in [0, 0.1) is 0 Å². The Morgan fingerprint density at radius 1 is 0.964 bits per heavy atom. The van der Waals surface area contributed by atoms with Gasteiger partial charge in [-0.15, -0.1) is 0 Å². The molecule has 1 aliphatic rings. The summed E-state index contributed by atoms with van der Waals surface area (Å²) in [6.45, 7) is 0. The number of carbonyl (C=O) groups is 2. The van der Waals surface area contributed by atoms with Gasteiger partial charge >= 0.3 is 5.97 Å². The molecule has 3 aromatic rings. The summed E-state index contributed by atoms with van der Waals surface area (Å²) >= 11 is 0. The number of carboxylic acid groups (broad SMARTS) is 1. The van der Waals surface area contributed by atoms with Crippen LogP contribution in [0.3, 0.4) is 0 Å². The fourth-order valence-corrected chi connectivity index (χ4v) is 4.91.